The molecule has 102 valence electrons. The van der Waals surface area contributed by atoms with Gasteiger partial charge in [0, 0.05) is 12.4 Å². The van der Waals surface area contributed by atoms with Crippen LogP contribution >= 0.6 is 8.18 Å². The molecule has 6 nitrogen and oxygen atoms in total. The molecule has 0 saturated heterocycles. The maximum absolute atomic E-state index is 11.6. The molecule has 0 aliphatic rings. The fourth-order valence-corrected chi connectivity index (χ4v) is 2.63. The van der Waals surface area contributed by atoms with Crippen LogP contribution in [0.15, 0.2) is 54.9 Å². The maximum atomic E-state index is 11.6. The first kappa shape index (κ1) is 14.1. The van der Waals surface area contributed by atoms with Gasteiger partial charge in [0.2, 0.25) is 0 Å². The highest BCUT2D eigenvalue weighted by atomic mass is 31.1. The number of nitrogens with zero attached hydrogens (tertiary/aromatic N) is 2. The summed E-state index contributed by atoms with van der Waals surface area (Å²) in [4.78, 5) is 24.8. The Balaban J connectivity index is 2.50. The number of rotatable bonds is 5. The first-order valence-corrected chi connectivity index (χ1v) is 6.91. The van der Waals surface area contributed by atoms with Gasteiger partial charge in [0.15, 0.2) is 6.04 Å². The molecule has 2 atom stereocenters. The van der Waals surface area contributed by atoms with Crippen LogP contribution in [0.4, 0.5) is 5.69 Å². The molecule has 0 fully saturated rings. The minimum atomic E-state index is -2.86. The minimum absolute atomic E-state index is 0.319. The molecule has 0 spiro atoms. The summed E-state index contributed by atoms with van der Waals surface area (Å²) in [5.74, 6) is -1.20. The van der Waals surface area contributed by atoms with Gasteiger partial charge in [-0.05, 0) is 22.3 Å². The quantitative estimate of drug-likeness (QED) is 0.822. The highest BCUT2D eigenvalue weighted by Gasteiger charge is 2.40. The zero-order chi connectivity index (χ0) is 14.5. The largest absolute Gasteiger partial charge is 0.644 e. The molecule has 0 aliphatic heterocycles. The molecule has 0 radical (unpaired) electrons. The molecule has 2 aromatic rings. The van der Waals surface area contributed by atoms with Crippen LogP contribution < -0.4 is 4.67 Å². The van der Waals surface area contributed by atoms with Crippen molar-refractivity contribution in [2.45, 2.75) is 6.04 Å². The first-order chi connectivity index (χ1) is 9.61. The molecule has 2 unspecified atom stereocenters. The number of hydrogen-bond donors (Lipinski definition) is 2. The number of benzene rings is 1. The molecule has 1 aromatic carbocycles. The second kappa shape index (κ2) is 6.23. The summed E-state index contributed by atoms with van der Waals surface area (Å²) < 4.78 is 12.6. The smallest absolute Gasteiger partial charge is 0.479 e. The minimum Gasteiger partial charge on any atom is -0.479 e. The molecule has 0 amide bonds. The van der Waals surface area contributed by atoms with E-state index in [-0.39, 0.29) is 0 Å². The van der Waals surface area contributed by atoms with Gasteiger partial charge in [-0.1, -0.05) is 30.3 Å². The second-order valence-electron chi connectivity index (χ2n) is 3.95. The van der Waals surface area contributed by atoms with E-state index in [4.69, 9.17) is 0 Å². The molecule has 2 N–H and O–H groups in total. The van der Waals surface area contributed by atoms with Crippen molar-refractivity contribution in [3.05, 3.63) is 60.4 Å². The molecule has 1 aromatic heterocycles. The van der Waals surface area contributed by atoms with Crippen LogP contribution in [0.1, 0.15) is 11.6 Å². The third-order valence-electron chi connectivity index (χ3n) is 2.71. The summed E-state index contributed by atoms with van der Waals surface area (Å²) in [7, 11) is -2.86. The number of carboxylic acid groups (broad SMARTS) is 1. The van der Waals surface area contributed by atoms with Crippen LogP contribution in [0.5, 0.6) is 0 Å². The van der Waals surface area contributed by atoms with Crippen molar-refractivity contribution in [1.29, 1.82) is 0 Å². The SMILES string of the molecule is O=C(O)C(c1ccccc1)N(c1ccncc1)[P+](=O)O. The maximum Gasteiger partial charge on any atom is 0.644 e. The third kappa shape index (κ3) is 2.99. The molecule has 20 heavy (non-hydrogen) atoms. The number of carbonyl (C=O) groups is 1. The molecule has 2 rings (SSSR count). The highest BCUT2D eigenvalue weighted by Crippen LogP contribution is 2.38. The van der Waals surface area contributed by atoms with Crippen LogP contribution in [0, 0.1) is 0 Å². The number of hydrogen-bond acceptors (Lipinski definition) is 3. The molecule has 0 saturated carbocycles. The summed E-state index contributed by atoms with van der Waals surface area (Å²) in [6, 6.07) is 10.0. The molecule has 0 aliphatic carbocycles. The lowest BCUT2D eigenvalue weighted by Gasteiger charge is -2.19. The normalized spacial score (nSPS) is 12.6. The van der Waals surface area contributed by atoms with Crippen molar-refractivity contribution in [1.82, 2.24) is 4.98 Å². The summed E-state index contributed by atoms with van der Waals surface area (Å²) in [5, 5.41) is 9.41. The van der Waals surface area contributed by atoms with Gasteiger partial charge < -0.3 is 5.11 Å². The lowest BCUT2D eigenvalue weighted by Crippen LogP contribution is -2.28. The van der Waals surface area contributed by atoms with Gasteiger partial charge in [0.25, 0.3) is 0 Å². The van der Waals surface area contributed by atoms with E-state index in [9.17, 15) is 19.4 Å². The summed E-state index contributed by atoms with van der Waals surface area (Å²) >= 11 is 0. The van der Waals surface area contributed by atoms with Crippen molar-refractivity contribution < 1.29 is 19.4 Å². The Hall–Kier alpha value is -2.30. The highest BCUT2D eigenvalue weighted by molar-refractivity contribution is 7.40. The standard InChI is InChI=1S/C13H11N2O4P/c16-13(17)12(10-4-2-1-3-5-10)15(20(18)19)11-6-8-14-9-7-11/h1-9,12H,(H-,16,17,18,19)/p+1. The van der Waals surface area contributed by atoms with E-state index >= 15 is 0 Å². The lowest BCUT2D eigenvalue weighted by atomic mass is 10.1. The van der Waals surface area contributed by atoms with Crippen LogP contribution in [-0.2, 0) is 9.36 Å². The van der Waals surface area contributed by atoms with Crippen molar-refractivity contribution >= 4 is 19.8 Å². The van der Waals surface area contributed by atoms with Crippen molar-refractivity contribution in [2.75, 3.05) is 4.67 Å². The van der Waals surface area contributed by atoms with Gasteiger partial charge in [0.1, 0.15) is 0 Å². The molecular formula is C13H12N2O4P+. The molecular weight excluding hydrogens is 279 g/mol. The monoisotopic (exact) mass is 291 g/mol. The van der Waals surface area contributed by atoms with E-state index < -0.39 is 20.2 Å². The van der Waals surface area contributed by atoms with Gasteiger partial charge in [-0.3, -0.25) is 4.98 Å². The van der Waals surface area contributed by atoms with E-state index in [1.165, 1.54) is 24.5 Å². The van der Waals surface area contributed by atoms with Crippen molar-refractivity contribution in [3.63, 3.8) is 0 Å². The van der Waals surface area contributed by atoms with E-state index in [1.807, 2.05) is 0 Å². The van der Waals surface area contributed by atoms with E-state index in [0.29, 0.717) is 11.3 Å². The van der Waals surface area contributed by atoms with Gasteiger partial charge in [-0.15, -0.1) is 9.56 Å². The molecule has 7 heteroatoms. The predicted octanol–water partition coefficient (Wildman–Crippen LogP) is 2.36. The number of anilines is 1. The Kier molecular flexibility index (Phi) is 4.40. The molecule has 0 bridgehead atoms. The Morgan fingerprint density at radius 1 is 1.15 bits per heavy atom. The number of aliphatic carboxylic acids is 1. The van der Waals surface area contributed by atoms with E-state index in [1.54, 1.807) is 30.3 Å². The first-order valence-electron chi connectivity index (χ1n) is 5.74. The van der Waals surface area contributed by atoms with Crippen LogP contribution in [0.25, 0.3) is 0 Å². The Morgan fingerprint density at radius 2 is 1.75 bits per heavy atom. The van der Waals surface area contributed by atoms with Crippen LogP contribution in [-0.4, -0.2) is 21.0 Å². The average molecular weight is 291 g/mol. The fraction of sp³-hybridized carbons (Fsp3) is 0.0769. The Bertz CT molecular complexity index is 551. The number of pyridine rings is 1. The summed E-state index contributed by atoms with van der Waals surface area (Å²) in [6.45, 7) is 0. The van der Waals surface area contributed by atoms with Gasteiger partial charge in [-0.2, -0.15) is 0 Å². The lowest BCUT2D eigenvalue weighted by molar-refractivity contribution is -0.138. The third-order valence-corrected chi connectivity index (χ3v) is 3.54. The predicted molar refractivity (Wildman–Crippen MR) is 73.4 cm³/mol. The number of aromatic nitrogens is 1. The van der Waals surface area contributed by atoms with Crippen LogP contribution in [0.3, 0.4) is 0 Å². The van der Waals surface area contributed by atoms with Gasteiger partial charge >= 0.3 is 14.1 Å². The van der Waals surface area contributed by atoms with Gasteiger partial charge in [0.05, 0.1) is 5.69 Å². The molecule has 1 heterocycles. The average Bonchev–Trinajstić information content (AvgIpc) is 2.45. The van der Waals surface area contributed by atoms with Crippen molar-refractivity contribution in [3.8, 4) is 0 Å². The zero-order valence-corrected chi connectivity index (χ0v) is 11.2. The number of carboxylic acids is 1. The summed E-state index contributed by atoms with van der Waals surface area (Å²) in [6.07, 6.45) is 2.87. The Morgan fingerprint density at radius 3 is 2.25 bits per heavy atom. The second-order valence-corrected chi connectivity index (χ2v) is 4.89. The zero-order valence-electron chi connectivity index (χ0n) is 10.3. The summed E-state index contributed by atoms with van der Waals surface area (Å²) in [5.41, 5.74) is 0.745. The Labute approximate surface area is 116 Å². The van der Waals surface area contributed by atoms with Gasteiger partial charge in [-0.25, -0.2) is 4.79 Å². The fourth-order valence-electron chi connectivity index (χ4n) is 1.87. The van der Waals surface area contributed by atoms with E-state index in [0.717, 1.165) is 4.67 Å². The topological polar surface area (TPSA) is 90.7 Å². The van der Waals surface area contributed by atoms with Crippen molar-refractivity contribution in [2.24, 2.45) is 0 Å². The van der Waals surface area contributed by atoms with E-state index in [2.05, 4.69) is 4.98 Å². The van der Waals surface area contributed by atoms with Crippen LogP contribution in [0.2, 0.25) is 0 Å².